The fourth-order valence-corrected chi connectivity index (χ4v) is 2.91. The number of rotatable bonds is 2. The van der Waals surface area contributed by atoms with Crippen LogP contribution in [0.25, 0.3) is 10.8 Å². The Morgan fingerprint density at radius 1 is 1.38 bits per heavy atom. The van der Waals surface area contributed by atoms with Crippen LogP contribution in [0.4, 0.5) is 5.69 Å². The SMILES string of the molecule is Nc1ccsc1-c1nc(C2CCCC2)no1. The number of thiophene rings is 1. The Hall–Kier alpha value is -1.36. The zero-order valence-corrected chi connectivity index (χ0v) is 9.67. The molecular formula is C11H13N3OS. The summed E-state index contributed by atoms with van der Waals surface area (Å²) in [6.45, 7) is 0. The van der Waals surface area contributed by atoms with Gasteiger partial charge in [0, 0.05) is 5.92 Å². The maximum absolute atomic E-state index is 5.82. The van der Waals surface area contributed by atoms with E-state index in [2.05, 4.69) is 10.1 Å². The lowest BCUT2D eigenvalue weighted by atomic mass is 10.1. The van der Waals surface area contributed by atoms with Crippen molar-refractivity contribution in [3.05, 3.63) is 17.3 Å². The van der Waals surface area contributed by atoms with Crippen LogP contribution < -0.4 is 5.73 Å². The van der Waals surface area contributed by atoms with Crippen LogP contribution in [0.1, 0.15) is 37.4 Å². The first-order valence-corrected chi connectivity index (χ1v) is 6.39. The van der Waals surface area contributed by atoms with Gasteiger partial charge in [-0.15, -0.1) is 11.3 Å². The van der Waals surface area contributed by atoms with Crippen LogP contribution in [0, 0.1) is 0 Å². The quantitative estimate of drug-likeness (QED) is 0.868. The van der Waals surface area contributed by atoms with Crippen LogP contribution in [0.15, 0.2) is 16.0 Å². The molecule has 2 aromatic heterocycles. The summed E-state index contributed by atoms with van der Waals surface area (Å²) in [6.07, 6.45) is 4.91. The fourth-order valence-electron chi connectivity index (χ4n) is 2.17. The molecule has 0 amide bonds. The molecule has 3 rings (SSSR count). The molecule has 0 unspecified atom stereocenters. The summed E-state index contributed by atoms with van der Waals surface area (Å²) < 4.78 is 5.27. The molecule has 1 fully saturated rings. The van der Waals surface area contributed by atoms with E-state index in [4.69, 9.17) is 10.3 Å². The first kappa shape index (κ1) is 9.84. The Labute approximate surface area is 97.5 Å². The highest BCUT2D eigenvalue weighted by molar-refractivity contribution is 7.14. The molecule has 16 heavy (non-hydrogen) atoms. The van der Waals surface area contributed by atoms with Gasteiger partial charge in [-0.1, -0.05) is 18.0 Å². The summed E-state index contributed by atoms with van der Waals surface area (Å²) >= 11 is 1.54. The predicted molar refractivity (Wildman–Crippen MR) is 63.2 cm³/mol. The second-order valence-corrected chi connectivity index (χ2v) is 5.06. The number of nitrogens with two attached hydrogens (primary N) is 1. The molecule has 4 nitrogen and oxygen atoms in total. The van der Waals surface area contributed by atoms with Crippen LogP contribution in [0.5, 0.6) is 0 Å². The lowest BCUT2D eigenvalue weighted by molar-refractivity contribution is 0.416. The predicted octanol–water partition coefficient (Wildman–Crippen LogP) is 3.04. The number of anilines is 1. The molecule has 0 spiro atoms. The van der Waals surface area contributed by atoms with Crippen molar-refractivity contribution < 1.29 is 4.52 Å². The number of nitrogens with zero attached hydrogens (tertiary/aromatic N) is 2. The molecule has 84 valence electrons. The van der Waals surface area contributed by atoms with Gasteiger partial charge in [-0.05, 0) is 24.3 Å². The van der Waals surface area contributed by atoms with Gasteiger partial charge >= 0.3 is 0 Å². The van der Waals surface area contributed by atoms with E-state index in [0.29, 0.717) is 17.5 Å². The lowest BCUT2D eigenvalue weighted by Gasteiger charge is -1.99. The van der Waals surface area contributed by atoms with Crippen molar-refractivity contribution >= 4 is 17.0 Å². The minimum atomic E-state index is 0.485. The second kappa shape index (κ2) is 3.90. The zero-order chi connectivity index (χ0) is 11.0. The molecule has 5 heteroatoms. The minimum Gasteiger partial charge on any atom is -0.397 e. The molecule has 0 saturated heterocycles. The molecule has 0 radical (unpaired) electrons. The van der Waals surface area contributed by atoms with E-state index >= 15 is 0 Å². The summed E-state index contributed by atoms with van der Waals surface area (Å²) in [5.41, 5.74) is 6.53. The molecule has 2 aromatic rings. The Morgan fingerprint density at radius 2 is 2.19 bits per heavy atom. The topological polar surface area (TPSA) is 64.9 Å². The van der Waals surface area contributed by atoms with Crippen LogP contribution in [-0.2, 0) is 0 Å². The molecule has 2 heterocycles. The fraction of sp³-hybridized carbons (Fsp3) is 0.455. The van der Waals surface area contributed by atoms with Gasteiger partial charge < -0.3 is 10.3 Å². The van der Waals surface area contributed by atoms with Gasteiger partial charge in [0.2, 0.25) is 0 Å². The third-order valence-corrected chi connectivity index (χ3v) is 3.97. The van der Waals surface area contributed by atoms with E-state index in [-0.39, 0.29) is 0 Å². The molecule has 1 aliphatic carbocycles. The average Bonchev–Trinajstić information content (AvgIpc) is 2.96. The van der Waals surface area contributed by atoms with Gasteiger partial charge in [0.05, 0.1) is 5.69 Å². The molecule has 1 saturated carbocycles. The Balaban J connectivity index is 1.90. The van der Waals surface area contributed by atoms with E-state index < -0.39 is 0 Å². The standard InChI is InChI=1S/C11H13N3OS/c12-8-5-6-16-9(8)11-13-10(14-15-11)7-3-1-2-4-7/h5-7H,1-4,12H2. The lowest BCUT2D eigenvalue weighted by Crippen LogP contribution is -1.94. The van der Waals surface area contributed by atoms with Crippen molar-refractivity contribution in [2.75, 3.05) is 5.73 Å². The van der Waals surface area contributed by atoms with Crippen molar-refractivity contribution in [1.29, 1.82) is 0 Å². The van der Waals surface area contributed by atoms with Gasteiger partial charge in [0.1, 0.15) is 4.88 Å². The summed E-state index contributed by atoms with van der Waals surface area (Å²) in [6, 6.07) is 1.86. The second-order valence-electron chi connectivity index (χ2n) is 4.14. The normalized spacial score (nSPS) is 17.0. The summed E-state index contributed by atoms with van der Waals surface area (Å²) in [5.74, 6) is 1.90. The van der Waals surface area contributed by atoms with Crippen molar-refractivity contribution in [1.82, 2.24) is 10.1 Å². The maximum Gasteiger partial charge on any atom is 0.270 e. The van der Waals surface area contributed by atoms with E-state index in [1.165, 1.54) is 37.0 Å². The molecule has 2 N–H and O–H groups in total. The zero-order valence-electron chi connectivity index (χ0n) is 8.85. The van der Waals surface area contributed by atoms with Gasteiger partial charge in [-0.3, -0.25) is 0 Å². The van der Waals surface area contributed by atoms with E-state index in [9.17, 15) is 0 Å². The first-order valence-electron chi connectivity index (χ1n) is 5.51. The Morgan fingerprint density at radius 3 is 2.88 bits per heavy atom. The highest BCUT2D eigenvalue weighted by atomic mass is 32.1. The third-order valence-electron chi connectivity index (χ3n) is 3.05. The summed E-state index contributed by atoms with van der Waals surface area (Å²) in [5, 5.41) is 5.99. The van der Waals surface area contributed by atoms with Crippen molar-refractivity contribution in [2.45, 2.75) is 31.6 Å². The minimum absolute atomic E-state index is 0.485. The van der Waals surface area contributed by atoms with Crippen LogP contribution in [0.2, 0.25) is 0 Å². The van der Waals surface area contributed by atoms with Crippen LogP contribution >= 0.6 is 11.3 Å². The number of hydrogen-bond donors (Lipinski definition) is 1. The smallest absolute Gasteiger partial charge is 0.270 e. The largest absolute Gasteiger partial charge is 0.397 e. The molecule has 0 atom stereocenters. The van der Waals surface area contributed by atoms with Crippen molar-refractivity contribution in [3.8, 4) is 10.8 Å². The third kappa shape index (κ3) is 1.61. The van der Waals surface area contributed by atoms with Gasteiger partial charge in [0.25, 0.3) is 5.89 Å². The molecule has 0 aliphatic heterocycles. The van der Waals surface area contributed by atoms with E-state index in [1.807, 2.05) is 11.4 Å². The Kier molecular flexibility index (Phi) is 2.40. The highest BCUT2D eigenvalue weighted by Crippen LogP contribution is 2.35. The highest BCUT2D eigenvalue weighted by Gasteiger charge is 2.23. The Bertz CT molecular complexity index is 485. The van der Waals surface area contributed by atoms with E-state index in [1.54, 1.807) is 0 Å². The maximum atomic E-state index is 5.82. The van der Waals surface area contributed by atoms with Gasteiger partial charge in [0.15, 0.2) is 5.82 Å². The van der Waals surface area contributed by atoms with E-state index in [0.717, 1.165) is 10.7 Å². The number of nitrogen functional groups attached to an aromatic ring is 1. The van der Waals surface area contributed by atoms with Gasteiger partial charge in [-0.25, -0.2) is 0 Å². The first-order chi connectivity index (χ1) is 7.84. The summed E-state index contributed by atoms with van der Waals surface area (Å²) in [7, 11) is 0. The molecule has 1 aliphatic rings. The van der Waals surface area contributed by atoms with Crippen LogP contribution in [-0.4, -0.2) is 10.1 Å². The van der Waals surface area contributed by atoms with Crippen LogP contribution in [0.3, 0.4) is 0 Å². The van der Waals surface area contributed by atoms with Gasteiger partial charge in [-0.2, -0.15) is 4.98 Å². The average molecular weight is 235 g/mol. The summed E-state index contributed by atoms with van der Waals surface area (Å²) in [4.78, 5) is 5.33. The number of aromatic nitrogens is 2. The molecular weight excluding hydrogens is 222 g/mol. The van der Waals surface area contributed by atoms with Crippen molar-refractivity contribution in [3.63, 3.8) is 0 Å². The number of hydrogen-bond acceptors (Lipinski definition) is 5. The monoisotopic (exact) mass is 235 g/mol. The molecule has 0 aromatic carbocycles. The van der Waals surface area contributed by atoms with Crippen molar-refractivity contribution in [2.24, 2.45) is 0 Å². The molecule has 0 bridgehead atoms.